The van der Waals surface area contributed by atoms with Crippen LogP contribution in [0.15, 0.2) is 36.9 Å². The summed E-state index contributed by atoms with van der Waals surface area (Å²) in [7, 11) is 0. The topological polar surface area (TPSA) is 62.4 Å². The third-order valence-corrected chi connectivity index (χ3v) is 2.42. The maximum Gasteiger partial charge on any atom is 0.276 e. The largest absolute Gasteiger partial charge is 0.483 e. The summed E-state index contributed by atoms with van der Waals surface area (Å²) in [5.41, 5.74) is 5.97. The van der Waals surface area contributed by atoms with E-state index in [1.165, 1.54) is 0 Å². The molecule has 0 saturated carbocycles. The minimum absolute atomic E-state index is 0.0814. The van der Waals surface area contributed by atoms with Crippen molar-refractivity contribution in [2.45, 2.75) is 6.92 Å². The Bertz CT molecular complexity index is 463. The van der Waals surface area contributed by atoms with Gasteiger partial charge in [-0.05, 0) is 30.8 Å². The van der Waals surface area contributed by atoms with Gasteiger partial charge in [-0.15, -0.1) is 6.58 Å². The zero-order chi connectivity index (χ0) is 14.1. The first-order chi connectivity index (χ1) is 9.13. The molecule has 1 amide bonds. The lowest BCUT2D eigenvalue weighted by atomic mass is 10.2. The van der Waals surface area contributed by atoms with E-state index in [-0.39, 0.29) is 12.5 Å². The number of rotatable bonds is 5. The molecule has 102 valence electrons. The van der Waals surface area contributed by atoms with Crippen LogP contribution >= 0.6 is 12.2 Å². The summed E-state index contributed by atoms with van der Waals surface area (Å²) in [6, 6.07) is 7.49. The first-order valence-electron chi connectivity index (χ1n) is 5.75. The van der Waals surface area contributed by atoms with E-state index in [4.69, 9.17) is 17.0 Å². The number of benzene rings is 1. The Labute approximate surface area is 118 Å². The number of hydrazine groups is 1. The molecular weight excluding hydrogens is 262 g/mol. The Kier molecular flexibility index (Phi) is 6.38. The van der Waals surface area contributed by atoms with Crippen LogP contribution in [-0.4, -0.2) is 24.2 Å². The summed E-state index contributed by atoms with van der Waals surface area (Å²) in [5, 5.41) is 3.14. The molecule has 0 saturated heterocycles. The molecule has 6 heteroatoms. The van der Waals surface area contributed by atoms with Gasteiger partial charge in [0.1, 0.15) is 5.75 Å². The molecule has 3 N–H and O–H groups in total. The number of carbonyl (C=O) groups excluding carboxylic acids is 1. The van der Waals surface area contributed by atoms with Crippen LogP contribution in [0.4, 0.5) is 0 Å². The van der Waals surface area contributed by atoms with Crippen LogP contribution in [0.2, 0.25) is 0 Å². The molecule has 1 aromatic carbocycles. The van der Waals surface area contributed by atoms with Crippen molar-refractivity contribution in [2.24, 2.45) is 0 Å². The Morgan fingerprint density at radius 1 is 1.42 bits per heavy atom. The molecule has 0 aliphatic carbocycles. The van der Waals surface area contributed by atoms with Crippen LogP contribution in [-0.2, 0) is 4.79 Å². The Morgan fingerprint density at radius 3 is 2.84 bits per heavy atom. The SMILES string of the molecule is C=CCNC(=S)NNC(=O)COc1ccccc1C. The molecule has 0 aliphatic rings. The fourth-order valence-corrected chi connectivity index (χ4v) is 1.37. The van der Waals surface area contributed by atoms with E-state index in [0.29, 0.717) is 17.4 Å². The van der Waals surface area contributed by atoms with Crippen molar-refractivity contribution in [1.29, 1.82) is 0 Å². The van der Waals surface area contributed by atoms with Crippen molar-refractivity contribution in [3.05, 3.63) is 42.5 Å². The number of nitrogens with one attached hydrogen (secondary N) is 3. The van der Waals surface area contributed by atoms with Gasteiger partial charge in [0.25, 0.3) is 5.91 Å². The molecule has 0 aromatic heterocycles. The van der Waals surface area contributed by atoms with Gasteiger partial charge in [0, 0.05) is 6.54 Å². The van der Waals surface area contributed by atoms with E-state index < -0.39 is 0 Å². The summed E-state index contributed by atoms with van der Waals surface area (Å²) in [4.78, 5) is 11.5. The maximum atomic E-state index is 11.5. The summed E-state index contributed by atoms with van der Waals surface area (Å²) in [5.74, 6) is 0.371. The summed E-state index contributed by atoms with van der Waals surface area (Å²) in [6.45, 7) is 5.91. The fraction of sp³-hybridized carbons (Fsp3) is 0.231. The molecule has 0 unspecified atom stereocenters. The summed E-state index contributed by atoms with van der Waals surface area (Å²) >= 11 is 4.91. The smallest absolute Gasteiger partial charge is 0.276 e. The second-order valence-electron chi connectivity index (χ2n) is 3.73. The number of amides is 1. The number of aryl methyl sites for hydroxylation is 1. The van der Waals surface area contributed by atoms with Gasteiger partial charge in [-0.1, -0.05) is 24.3 Å². The minimum atomic E-state index is -0.314. The molecule has 0 bridgehead atoms. The quantitative estimate of drug-likeness (QED) is 0.427. The van der Waals surface area contributed by atoms with Crippen LogP contribution in [0.1, 0.15) is 5.56 Å². The normalized spacial score (nSPS) is 9.32. The van der Waals surface area contributed by atoms with Crippen LogP contribution in [0.5, 0.6) is 5.75 Å². The Balaban J connectivity index is 2.27. The number of hydrogen-bond acceptors (Lipinski definition) is 3. The van der Waals surface area contributed by atoms with Gasteiger partial charge in [-0.25, -0.2) is 0 Å². The lowest BCUT2D eigenvalue weighted by Gasteiger charge is -2.11. The van der Waals surface area contributed by atoms with E-state index in [9.17, 15) is 4.79 Å². The van der Waals surface area contributed by atoms with E-state index in [1.54, 1.807) is 6.08 Å². The van der Waals surface area contributed by atoms with Crippen molar-refractivity contribution < 1.29 is 9.53 Å². The molecule has 1 aromatic rings. The second kappa shape index (κ2) is 8.10. The zero-order valence-corrected chi connectivity index (χ0v) is 11.5. The molecule has 0 atom stereocenters. The molecule has 1 rings (SSSR count). The average molecular weight is 279 g/mol. The van der Waals surface area contributed by atoms with Crippen molar-refractivity contribution in [3.63, 3.8) is 0 Å². The highest BCUT2D eigenvalue weighted by molar-refractivity contribution is 7.80. The van der Waals surface area contributed by atoms with Gasteiger partial charge in [0.2, 0.25) is 0 Å². The monoisotopic (exact) mass is 279 g/mol. The summed E-state index contributed by atoms with van der Waals surface area (Å²) < 4.78 is 5.38. The lowest BCUT2D eigenvalue weighted by Crippen LogP contribution is -2.48. The third kappa shape index (κ3) is 5.87. The zero-order valence-electron chi connectivity index (χ0n) is 10.7. The first kappa shape index (κ1) is 15.0. The number of carbonyl (C=O) groups is 1. The van der Waals surface area contributed by atoms with Crippen LogP contribution in [0.25, 0.3) is 0 Å². The molecule has 19 heavy (non-hydrogen) atoms. The molecule has 0 heterocycles. The van der Waals surface area contributed by atoms with E-state index in [1.807, 2.05) is 31.2 Å². The van der Waals surface area contributed by atoms with Gasteiger partial charge in [0.15, 0.2) is 11.7 Å². The van der Waals surface area contributed by atoms with E-state index >= 15 is 0 Å². The van der Waals surface area contributed by atoms with E-state index in [0.717, 1.165) is 5.56 Å². The molecular formula is C13H17N3O2S. The molecule has 0 spiro atoms. The van der Waals surface area contributed by atoms with Crippen molar-refractivity contribution in [1.82, 2.24) is 16.2 Å². The molecule has 0 aliphatic heterocycles. The minimum Gasteiger partial charge on any atom is -0.483 e. The fourth-order valence-electron chi connectivity index (χ4n) is 1.23. The predicted octanol–water partition coefficient (Wildman–Crippen LogP) is 1.06. The average Bonchev–Trinajstić information content (AvgIpc) is 2.42. The summed E-state index contributed by atoms with van der Waals surface area (Å²) in [6.07, 6.45) is 1.66. The number of ether oxygens (including phenoxy) is 1. The molecule has 0 fully saturated rings. The highest BCUT2D eigenvalue weighted by Crippen LogP contribution is 2.15. The van der Waals surface area contributed by atoms with Crippen molar-refractivity contribution >= 4 is 23.2 Å². The van der Waals surface area contributed by atoms with Crippen molar-refractivity contribution in [2.75, 3.05) is 13.2 Å². The molecule has 0 radical (unpaired) electrons. The van der Waals surface area contributed by atoms with Crippen LogP contribution < -0.4 is 20.9 Å². The first-order valence-corrected chi connectivity index (χ1v) is 6.16. The Morgan fingerprint density at radius 2 is 2.16 bits per heavy atom. The third-order valence-electron chi connectivity index (χ3n) is 2.17. The highest BCUT2D eigenvalue weighted by atomic mass is 32.1. The van der Waals surface area contributed by atoms with Gasteiger partial charge in [-0.3, -0.25) is 15.6 Å². The number of para-hydroxylation sites is 1. The van der Waals surface area contributed by atoms with Crippen molar-refractivity contribution in [3.8, 4) is 5.75 Å². The van der Waals surface area contributed by atoms with Gasteiger partial charge in [-0.2, -0.15) is 0 Å². The van der Waals surface area contributed by atoms with Gasteiger partial charge >= 0.3 is 0 Å². The highest BCUT2D eigenvalue weighted by Gasteiger charge is 2.04. The molecule has 5 nitrogen and oxygen atoms in total. The standard InChI is InChI=1S/C13H17N3O2S/c1-3-8-14-13(19)16-15-12(17)9-18-11-7-5-4-6-10(11)2/h3-7H,1,8-9H2,2H3,(H,15,17)(H2,14,16,19). The Hall–Kier alpha value is -2.08. The number of hydrogen-bond donors (Lipinski definition) is 3. The predicted molar refractivity (Wildman–Crippen MR) is 78.8 cm³/mol. The lowest BCUT2D eigenvalue weighted by molar-refractivity contribution is -0.123. The second-order valence-corrected chi connectivity index (χ2v) is 4.13. The van der Waals surface area contributed by atoms with Crippen LogP contribution in [0, 0.1) is 6.92 Å². The van der Waals surface area contributed by atoms with E-state index in [2.05, 4.69) is 22.7 Å². The maximum absolute atomic E-state index is 11.5. The van der Waals surface area contributed by atoms with Gasteiger partial charge in [0.05, 0.1) is 0 Å². The number of thiocarbonyl (C=S) groups is 1. The van der Waals surface area contributed by atoms with Gasteiger partial charge < -0.3 is 10.1 Å². The van der Waals surface area contributed by atoms with Crippen LogP contribution in [0.3, 0.4) is 0 Å².